The van der Waals surface area contributed by atoms with Gasteiger partial charge in [-0.1, -0.05) is 0 Å². The molecule has 0 bridgehead atoms. The summed E-state index contributed by atoms with van der Waals surface area (Å²) in [6.45, 7) is 3.81. The minimum Gasteiger partial charge on any atom is -0.390 e. The molecule has 0 spiro atoms. The standard InChI is InChI=1S/C17H21F2N3O4/c1-17(13-8-11(18)2-3-14(13)19)15(24)22(16(25)20-17)10-12(23)9-21-4-6-26-7-5-21/h2-3,8,12,23H,4-7,9-10H2,1H3,(H,20,25)/t12-,17-/m1/s1. The first-order valence-corrected chi connectivity index (χ1v) is 8.39. The van der Waals surface area contributed by atoms with Gasteiger partial charge in [-0.3, -0.25) is 14.6 Å². The van der Waals surface area contributed by atoms with Crippen LogP contribution in [0.1, 0.15) is 12.5 Å². The number of rotatable bonds is 5. The molecule has 1 aromatic carbocycles. The molecule has 142 valence electrons. The summed E-state index contributed by atoms with van der Waals surface area (Å²) in [7, 11) is 0. The summed E-state index contributed by atoms with van der Waals surface area (Å²) in [5.74, 6) is -2.23. The highest BCUT2D eigenvalue weighted by Gasteiger charge is 2.50. The Morgan fingerprint density at radius 2 is 1.96 bits per heavy atom. The summed E-state index contributed by atoms with van der Waals surface area (Å²) in [5, 5.41) is 12.7. The molecule has 0 aliphatic carbocycles. The second-order valence-electron chi connectivity index (χ2n) is 6.66. The van der Waals surface area contributed by atoms with E-state index in [-0.39, 0.29) is 18.7 Å². The fourth-order valence-electron chi connectivity index (χ4n) is 3.28. The lowest BCUT2D eigenvalue weighted by Gasteiger charge is -2.29. The van der Waals surface area contributed by atoms with Crippen molar-refractivity contribution in [2.45, 2.75) is 18.6 Å². The van der Waals surface area contributed by atoms with Crippen LogP contribution in [0.3, 0.4) is 0 Å². The van der Waals surface area contributed by atoms with Crippen LogP contribution in [-0.2, 0) is 15.1 Å². The van der Waals surface area contributed by atoms with Crippen LogP contribution in [0.4, 0.5) is 13.6 Å². The molecule has 0 unspecified atom stereocenters. The topological polar surface area (TPSA) is 82.1 Å². The van der Waals surface area contributed by atoms with Crippen LogP contribution in [0.2, 0.25) is 0 Å². The molecule has 3 amide bonds. The van der Waals surface area contributed by atoms with Crippen LogP contribution >= 0.6 is 0 Å². The number of carbonyl (C=O) groups excluding carboxylic acids is 2. The Kier molecular flexibility index (Phi) is 5.22. The maximum atomic E-state index is 14.1. The molecule has 0 saturated carbocycles. The second-order valence-corrected chi connectivity index (χ2v) is 6.66. The molecule has 26 heavy (non-hydrogen) atoms. The van der Waals surface area contributed by atoms with Gasteiger partial charge in [-0.05, 0) is 25.1 Å². The highest BCUT2D eigenvalue weighted by molar-refractivity contribution is 6.07. The van der Waals surface area contributed by atoms with Crippen molar-refractivity contribution in [2.24, 2.45) is 0 Å². The van der Waals surface area contributed by atoms with Gasteiger partial charge in [-0.25, -0.2) is 13.6 Å². The van der Waals surface area contributed by atoms with E-state index in [4.69, 9.17) is 4.74 Å². The Hall–Kier alpha value is -2.10. The van der Waals surface area contributed by atoms with Crippen LogP contribution in [0.25, 0.3) is 0 Å². The quantitative estimate of drug-likeness (QED) is 0.736. The van der Waals surface area contributed by atoms with E-state index in [2.05, 4.69) is 5.32 Å². The van der Waals surface area contributed by atoms with E-state index in [0.29, 0.717) is 26.3 Å². The minimum atomic E-state index is -1.72. The van der Waals surface area contributed by atoms with Gasteiger partial charge in [0.05, 0.1) is 25.9 Å². The third kappa shape index (κ3) is 3.55. The van der Waals surface area contributed by atoms with E-state index >= 15 is 0 Å². The maximum absolute atomic E-state index is 14.1. The number of aliphatic hydroxyl groups excluding tert-OH is 1. The molecule has 2 N–H and O–H groups in total. The van der Waals surface area contributed by atoms with Gasteiger partial charge in [-0.15, -0.1) is 0 Å². The lowest BCUT2D eigenvalue weighted by Crippen LogP contribution is -2.46. The molecule has 2 heterocycles. The number of halogens is 2. The third-order valence-corrected chi connectivity index (χ3v) is 4.71. The van der Waals surface area contributed by atoms with Crippen molar-refractivity contribution in [3.8, 4) is 0 Å². The zero-order valence-electron chi connectivity index (χ0n) is 14.4. The smallest absolute Gasteiger partial charge is 0.325 e. The number of amides is 3. The number of imide groups is 1. The van der Waals surface area contributed by atoms with E-state index < -0.39 is 35.2 Å². The number of urea groups is 1. The van der Waals surface area contributed by atoms with Crippen molar-refractivity contribution < 1.29 is 28.2 Å². The normalized spacial score (nSPS) is 25.5. The van der Waals surface area contributed by atoms with Gasteiger partial charge in [0.2, 0.25) is 0 Å². The molecular weight excluding hydrogens is 348 g/mol. The molecule has 2 fully saturated rings. The summed E-state index contributed by atoms with van der Waals surface area (Å²) < 4.78 is 32.8. The van der Waals surface area contributed by atoms with E-state index in [1.54, 1.807) is 0 Å². The Bertz CT molecular complexity index is 711. The molecular formula is C17H21F2N3O4. The minimum absolute atomic E-state index is 0.228. The summed E-state index contributed by atoms with van der Waals surface area (Å²) in [6, 6.07) is 1.99. The van der Waals surface area contributed by atoms with E-state index in [1.807, 2.05) is 4.90 Å². The Morgan fingerprint density at radius 3 is 2.65 bits per heavy atom. The molecule has 7 nitrogen and oxygen atoms in total. The summed E-state index contributed by atoms with van der Waals surface area (Å²) in [6.07, 6.45) is -0.956. The van der Waals surface area contributed by atoms with E-state index in [0.717, 1.165) is 23.1 Å². The molecule has 9 heteroatoms. The van der Waals surface area contributed by atoms with Crippen LogP contribution in [0, 0.1) is 11.6 Å². The predicted octanol–water partition coefficient (Wildman–Crippen LogP) is 0.425. The van der Waals surface area contributed by atoms with E-state index in [9.17, 15) is 23.5 Å². The highest BCUT2D eigenvalue weighted by Crippen LogP contribution is 2.31. The number of aliphatic hydroxyl groups is 1. The number of ether oxygens (including phenoxy) is 1. The van der Waals surface area contributed by atoms with Gasteiger partial charge in [0.15, 0.2) is 0 Å². The second kappa shape index (κ2) is 7.26. The molecule has 2 aliphatic heterocycles. The number of hydrogen-bond donors (Lipinski definition) is 2. The first-order chi connectivity index (χ1) is 12.3. The summed E-state index contributed by atoms with van der Waals surface area (Å²) >= 11 is 0. The Balaban J connectivity index is 1.72. The van der Waals surface area contributed by atoms with Crippen molar-refractivity contribution in [2.75, 3.05) is 39.4 Å². The molecule has 2 atom stereocenters. The van der Waals surface area contributed by atoms with Gasteiger partial charge in [0.25, 0.3) is 5.91 Å². The van der Waals surface area contributed by atoms with Gasteiger partial charge < -0.3 is 15.2 Å². The molecule has 0 aromatic heterocycles. The van der Waals surface area contributed by atoms with E-state index in [1.165, 1.54) is 6.92 Å². The maximum Gasteiger partial charge on any atom is 0.325 e. The number of nitrogens with one attached hydrogen (secondary N) is 1. The number of morpholine rings is 1. The predicted molar refractivity (Wildman–Crippen MR) is 87.2 cm³/mol. The molecule has 2 aliphatic rings. The lowest BCUT2D eigenvalue weighted by atomic mass is 9.91. The van der Waals surface area contributed by atoms with Crippen LogP contribution in [-0.4, -0.2) is 72.3 Å². The molecule has 1 aromatic rings. The number of hydrogen-bond acceptors (Lipinski definition) is 5. The van der Waals surface area contributed by atoms with Crippen LogP contribution in [0.15, 0.2) is 18.2 Å². The fraction of sp³-hybridized carbons (Fsp3) is 0.529. The zero-order valence-corrected chi connectivity index (χ0v) is 14.4. The monoisotopic (exact) mass is 369 g/mol. The van der Waals surface area contributed by atoms with Crippen molar-refractivity contribution in [1.82, 2.24) is 15.1 Å². The zero-order chi connectivity index (χ0) is 18.9. The van der Waals surface area contributed by atoms with Crippen molar-refractivity contribution in [3.05, 3.63) is 35.4 Å². The number of benzene rings is 1. The number of nitrogens with zero attached hydrogens (tertiary/aromatic N) is 2. The van der Waals surface area contributed by atoms with Gasteiger partial charge in [0, 0.05) is 25.2 Å². The van der Waals surface area contributed by atoms with Crippen molar-refractivity contribution in [3.63, 3.8) is 0 Å². The highest BCUT2D eigenvalue weighted by atomic mass is 19.1. The van der Waals surface area contributed by atoms with Crippen LogP contribution in [0.5, 0.6) is 0 Å². The fourth-order valence-corrected chi connectivity index (χ4v) is 3.28. The van der Waals surface area contributed by atoms with Gasteiger partial charge in [0.1, 0.15) is 17.2 Å². The average Bonchev–Trinajstić information content (AvgIpc) is 2.82. The average molecular weight is 369 g/mol. The summed E-state index contributed by atoms with van der Waals surface area (Å²) in [4.78, 5) is 27.8. The van der Waals surface area contributed by atoms with Gasteiger partial charge in [-0.2, -0.15) is 0 Å². The molecule has 0 radical (unpaired) electrons. The molecule has 2 saturated heterocycles. The van der Waals surface area contributed by atoms with Crippen LogP contribution < -0.4 is 5.32 Å². The molecule has 3 rings (SSSR count). The largest absolute Gasteiger partial charge is 0.390 e. The Morgan fingerprint density at radius 1 is 1.27 bits per heavy atom. The number of carbonyl (C=O) groups is 2. The first-order valence-electron chi connectivity index (χ1n) is 8.39. The summed E-state index contributed by atoms with van der Waals surface area (Å²) in [5.41, 5.74) is -1.97. The van der Waals surface area contributed by atoms with Crippen molar-refractivity contribution >= 4 is 11.9 Å². The third-order valence-electron chi connectivity index (χ3n) is 4.71. The number of β-amino-alcohol motifs (C(OH)–C–C–N with tert-alkyl or cyclic N) is 1. The first kappa shape index (κ1) is 18.7. The van der Waals surface area contributed by atoms with Gasteiger partial charge >= 0.3 is 6.03 Å². The van der Waals surface area contributed by atoms with Crippen molar-refractivity contribution in [1.29, 1.82) is 0 Å². The Labute approximate surface area is 149 Å². The lowest BCUT2D eigenvalue weighted by molar-refractivity contribution is -0.132. The SMILES string of the molecule is C[C@]1(c2cc(F)ccc2F)NC(=O)N(C[C@H](O)CN2CCOCC2)C1=O.